The first kappa shape index (κ1) is 14.3. The van der Waals surface area contributed by atoms with Crippen LogP contribution in [0.2, 0.25) is 0 Å². The van der Waals surface area contributed by atoms with Crippen molar-refractivity contribution in [1.82, 2.24) is 5.32 Å². The van der Waals surface area contributed by atoms with Gasteiger partial charge in [-0.15, -0.1) is 11.6 Å². The van der Waals surface area contributed by atoms with Crippen molar-refractivity contribution in [2.45, 2.75) is 44.4 Å². The molecule has 0 spiro atoms. The van der Waals surface area contributed by atoms with Crippen molar-refractivity contribution in [3.05, 3.63) is 0 Å². The van der Waals surface area contributed by atoms with E-state index < -0.39 is 9.84 Å². The highest BCUT2D eigenvalue weighted by Crippen LogP contribution is 2.26. The van der Waals surface area contributed by atoms with Crippen LogP contribution in [0.4, 0.5) is 0 Å². The molecule has 1 N–H and O–H groups in total. The number of hydrogen-bond donors (Lipinski definition) is 1. The minimum absolute atomic E-state index is 0.232. The van der Waals surface area contributed by atoms with E-state index in [2.05, 4.69) is 5.32 Å². The van der Waals surface area contributed by atoms with Gasteiger partial charge in [0, 0.05) is 18.5 Å². The zero-order valence-corrected chi connectivity index (χ0v) is 11.6. The third kappa shape index (κ3) is 3.90. The Kier molecular flexibility index (Phi) is 5.54. The molecule has 0 amide bonds. The maximum absolute atomic E-state index is 11.6. The lowest BCUT2D eigenvalue weighted by Gasteiger charge is -2.19. The van der Waals surface area contributed by atoms with Crippen molar-refractivity contribution < 1.29 is 8.42 Å². The Morgan fingerprint density at radius 1 is 1.38 bits per heavy atom. The van der Waals surface area contributed by atoms with E-state index in [4.69, 9.17) is 11.6 Å². The second-order valence-corrected chi connectivity index (χ2v) is 7.81. The fourth-order valence-electron chi connectivity index (χ4n) is 2.11. The van der Waals surface area contributed by atoms with E-state index in [0.717, 1.165) is 12.8 Å². The normalized spacial score (nSPS) is 26.5. The molecule has 0 aromatic carbocycles. The van der Waals surface area contributed by atoms with Crippen LogP contribution in [0.25, 0.3) is 0 Å². The first-order valence-electron chi connectivity index (χ1n) is 5.98. The molecule has 0 saturated heterocycles. The summed E-state index contributed by atoms with van der Waals surface area (Å²) in [6, 6.07) is 0.417. The summed E-state index contributed by atoms with van der Waals surface area (Å²) in [5, 5.41) is 3.05. The summed E-state index contributed by atoms with van der Waals surface area (Å²) in [6.45, 7) is 4.01. The predicted molar refractivity (Wildman–Crippen MR) is 68.8 cm³/mol. The molecule has 5 heteroatoms. The van der Waals surface area contributed by atoms with Crippen molar-refractivity contribution >= 4 is 21.4 Å². The van der Waals surface area contributed by atoms with Gasteiger partial charge in [-0.1, -0.05) is 6.42 Å². The van der Waals surface area contributed by atoms with E-state index in [1.807, 2.05) is 0 Å². The zero-order chi connectivity index (χ0) is 12.2. The molecule has 1 aliphatic carbocycles. The number of halogens is 1. The summed E-state index contributed by atoms with van der Waals surface area (Å²) in [5.41, 5.74) is 0. The van der Waals surface area contributed by atoms with E-state index in [0.29, 0.717) is 24.4 Å². The van der Waals surface area contributed by atoms with E-state index in [1.54, 1.807) is 13.8 Å². The molecule has 96 valence electrons. The Balaban J connectivity index is 2.30. The van der Waals surface area contributed by atoms with Gasteiger partial charge in [0.2, 0.25) is 0 Å². The lowest BCUT2D eigenvalue weighted by molar-refractivity contribution is 0.440. The molecule has 0 radical (unpaired) electrons. The van der Waals surface area contributed by atoms with Gasteiger partial charge in [0.25, 0.3) is 0 Å². The number of alkyl halides is 1. The Hall–Kier alpha value is 0.200. The zero-order valence-electron chi connectivity index (χ0n) is 10.1. The second kappa shape index (κ2) is 6.22. The summed E-state index contributed by atoms with van der Waals surface area (Å²) in [5.74, 6) is 1.42. The smallest absolute Gasteiger partial charge is 0.153 e. The molecule has 1 aliphatic rings. The summed E-state index contributed by atoms with van der Waals surface area (Å²) in [6.07, 6.45) is 3.49. The Bertz CT molecular complexity index is 303. The average molecular weight is 268 g/mol. The van der Waals surface area contributed by atoms with Gasteiger partial charge in [0.05, 0.1) is 11.0 Å². The van der Waals surface area contributed by atoms with Crippen molar-refractivity contribution in [1.29, 1.82) is 0 Å². The van der Waals surface area contributed by atoms with Gasteiger partial charge in [-0.3, -0.25) is 0 Å². The van der Waals surface area contributed by atoms with Crippen LogP contribution in [0.1, 0.15) is 33.1 Å². The van der Waals surface area contributed by atoms with Crippen LogP contribution in [0.5, 0.6) is 0 Å². The molecule has 0 aliphatic heterocycles. The first-order valence-corrected chi connectivity index (χ1v) is 8.23. The van der Waals surface area contributed by atoms with E-state index in [-0.39, 0.29) is 11.0 Å². The van der Waals surface area contributed by atoms with Gasteiger partial charge in [0.15, 0.2) is 9.84 Å². The van der Waals surface area contributed by atoms with Crippen LogP contribution in [0.15, 0.2) is 0 Å². The molecule has 0 aromatic rings. The van der Waals surface area contributed by atoms with Gasteiger partial charge < -0.3 is 5.32 Å². The lowest BCUT2D eigenvalue weighted by atomic mass is 10.1. The molecule has 1 fully saturated rings. The van der Waals surface area contributed by atoms with E-state index >= 15 is 0 Å². The fourth-order valence-corrected chi connectivity index (χ4v) is 3.36. The molecule has 16 heavy (non-hydrogen) atoms. The van der Waals surface area contributed by atoms with Crippen LogP contribution in [0, 0.1) is 5.92 Å². The number of nitrogens with one attached hydrogen (secondary N) is 1. The fraction of sp³-hybridized carbons (Fsp3) is 1.00. The molecule has 0 aromatic heterocycles. The predicted octanol–water partition coefficient (Wildman–Crippen LogP) is 1.81. The average Bonchev–Trinajstić information content (AvgIpc) is 2.64. The quantitative estimate of drug-likeness (QED) is 0.747. The van der Waals surface area contributed by atoms with Gasteiger partial charge in [-0.25, -0.2) is 8.42 Å². The van der Waals surface area contributed by atoms with Crippen LogP contribution >= 0.6 is 11.6 Å². The number of hydrogen-bond acceptors (Lipinski definition) is 3. The molecule has 1 saturated carbocycles. The molecule has 0 heterocycles. The lowest BCUT2D eigenvalue weighted by Crippen LogP contribution is -2.37. The maximum atomic E-state index is 11.6. The van der Waals surface area contributed by atoms with Crippen LogP contribution in [-0.4, -0.2) is 37.9 Å². The van der Waals surface area contributed by atoms with Crippen molar-refractivity contribution in [2.24, 2.45) is 5.92 Å². The summed E-state index contributed by atoms with van der Waals surface area (Å²) in [4.78, 5) is 0. The largest absolute Gasteiger partial charge is 0.313 e. The number of rotatable bonds is 6. The van der Waals surface area contributed by atoms with E-state index in [9.17, 15) is 8.42 Å². The number of sulfone groups is 1. The topological polar surface area (TPSA) is 46.2 Å². The Morgan fingerprint density at radius 2 is 2.06 bits per heavy atom. The minimum atomic E-state index is -2.91. The summed E-state index contributed by atoms with van der Waals surface area (Å²) < 4.78 is 23.2. The van der Waals surface area contributed by atoms with Crippen LogP contribution in [-0.2, 0) is 9.84 Å². The molecule has 2 unspecified atom stereocenters. The Labute approximate surface area is 104 Å². The molecule has 0 bridgehead atoms. The highest BCUT2D eigenvalue weighted by Gasteiger charge is 2.26. The SMILES string of the molecule is CC(C)S(=O)(=O)CCNC1CCCC1CCl. The maximum Gasteiger partial charge on any atom is 0.153 e. The summed E-state index contributed by atoms with van der Waals surface area (Å²) >= 11 is 5.86. The van der Waals surface area contributed by atoms with Crippen molar-refractivity contribution in [3.8, 4) is 0 Å². The molecular formula is C11H22ClNO2S. The molecular weight excluding hydrogens is 246 g/mol. The highest BCUT2D eigenvalue weighted by atomic mass is 35.5. The molecule has 2 atom stereocenters. The summed E-state index contributed by atoms with van der Waals surface area (Å²) in [7, 11) is -2.91. The van der Waals surface area contributed by atoms with Crippen molar-refractivity contribution in [3.63, 3.8) is 0 Å². The van der Waals surface area contributed by atoms with Gasteiger partial charge in [-0.2, -0.15) is 0 Å². The minimum Gasteiger partial charge on any atom is -0.313 e. The van der Waals surface area contributed by atoms with Crippen LogP contribution < -0.4 is 5.32 Å². The van der Waals surface area contributed by atoms with Crippen molar-refractivity contribution in [2.75, 3.05) is 18.2 Å². The Morgan fingerprint density at radius 3 is 2.62 bits per heavy atom. The van der Waals surface area contributed by atoms with Gasteiger partial charge >= 0.3 is 0 Å². The first-order chi connectivity index (χ1) is 7.47. The second-order valence-electron chi connectivity index (χ2n) is 4.82. The van der Waals surface area contributed by atoms with E-state index in [1.165, 1.54) is 6.42 Å². The van der Waals surface area contributed by atoms with Gasteiger partial charge in [-0.05, 0) is 32.6 Å². The third-order valence-electron chi connectivity index (χ3n) is 3.37. The van der Waals surface area contributed by atoms with Crippen LogP contribution in [0.3, 0.4) is 0 Å². The molecule has 3 nitrogen and oxygen atoms in total. The highest BCUT2D eigenvalue weighted by molar-refractivity contribution is 7.92. The third-order valence-corrected chi connectivity index (χ3v) is 5.97. The molecule has 1 rings (SSSR count). The monoisotopic (exact) mass is 267 g/mol. The van der Waals surface area contributed by atoms with Gasteiger partial charge in [0.1, 0.15) is 0 Å². The standard InChI is InChI=1S/C11H22ClNO2S/c1-9(2)16(14,15)7-6-13-11-5-3-4-10(11)8-12/h9-11,13H,3-8H2,1-2H3.